The summed E-state index contributed by atoms with van der Waals surface area (Å²) in [6.45, 7) is 0.446. The van der Waals surface area contributed by atoms with E-state index in [2.05, 4.69) is 5.32 Å². The van der Waals surface area contributed by atoms with E-state index in [1.165, 1.54) is 18.2 Å². The third-order valence-corrected chi connectivity index (χ3v) is 4.04. The summed E-state index contributed by atoms with van der Waals surface area (Å²) in [6.07, 6.45) is 0. The number of nitrogens with one attached hydrogen (secondary N) is 1. The Labute approximate surface area is 137 Å². The van der Waals surface area contributed by atoms with Crippen molar-refractivity contribution >= 4 is 27.4 Å². The van der Waals surface area contributed by atoms with Crippen LogP contribution in [0.25, 0.3) is 21.7 Å². The minimum atomic E-state index is -0.381. The van der Waals surface area contributed by atoms with Crippen LogP contribution in [0.15, 0.2) is 75.9 Å². The van der Waals surface area contributed by atoms with Gasteiger partial charge in [-0.05, 0) is 46.7 Å². The molecule has 1 N–H and O–H groups in total. The molecule has 1 heterocycles. The summed E-state index contributed by atoms with van der Waals surface area (Å²) in [4.78, 5) is 11.9. The van der Waals surface area contributed by atoms with Crippen LogP contribution in [-0.2, 0) is 6.54 Å². The van der Waals surface area contributed by atoms with Crippen LogP contribution >= 0.6 is 0 Å². The molecule has 4 rings (SSSR count). The van der Waals surface area contributed by atoms with Crippen LogP contribution in [0.4, 0.5) is 10.1 Å². The molecule has 0 aliphatic carbocycles. The standard InChI is InChI=1S/C20H14FNO2/c21-15-6-8-16(9-7-15)22-12-14-11-19(23)24-18-10-5-13-3-1-2-4-17(13)20(14)18/h1-11,22H,12H2. The summed E-state index contributed by atoms with van der Waals surface area (Å²) in [5, 5.41) is 6.27. The van der Waals surface area contributed by atoms with E-state index in [0.717, 1.165) is 27.4 Å². The van der Waals surface area contributed by atoms with Crippen LogP contribution in [0.1, 0.15) is 5.56 Å². The number of fused-ring (bicyclic) bond motifs is 3. The fraction of sp³-hybridized carbons (Fsp3) is 0.0500. The van der Waals surface area contributed by atoms with Crippen molar-refractivity contribution in [1.29, 1.82) is 0 Å². The maximum Gasteiger partial charge on any atom is 0.336 e. The lowest BCUT2D eigenvalue weighted by molar-refractivity contribution is 0.559. The van der Waals surface area contributed by atoms with E-state index in [1.807, 2.05) is 36.4 Å². The highest BCUT2D eigenvalue weighted by Gasteiger charge is 2.09. The molecule has 0 fully saturated rings. The second kappa shape index (κ2) is 5.81. The van der Waals surface area contributed by atoms with Crippen LogP contribution in [-0.4, -0.2) is 0 Å². The van der Waals surface area contributed by atoms with Gasteiger partial charge in [0, 0.05) is 23.7 Å². The third kappa shape index (κ3) is 2.63. The number of hydrogen-bond donors (Lipinski definition) is 1. The Morgan fingerprint density at radius 2 is 1.75 bits per heavy atom. The summed E-state index contributed by atoms with van der Waals surface area (Å²) in [7, 11) is 0. The molecule has 3 nitrogen and oxygen atoms in total. The maximum absolute atomic E-state index is 13.0. The number of halogens is 1. The van der Waals surface area contributed by atoms with Crippen LogP contribution in [0.2, 0.25) is 0 Å². The van der Waals surface area contributed by atoms with Gasteiger partial charge in [-0.2, -0.15) is 0 Å². The molecule has 0 saturated heterocycles. The Hall–Kier alpha value is -3.14. The Morgan fingerprint density at radius 3 is 2.58 bits per heavy atom. The molecule has 0 saturated carbocycles. The summed E-state index contributed by atoms with van der Waals surface area (Å²) in [5.74, 6) is -0.280. The number of hydrogen-bond acceptors (Lipinski definition) is 3. The molecule has 24 heavy (non-hydrogen) atoms. The summed E-state index contributed by atoms with van der Waals surface area (Å²) in [5.41, 5.74) is 1.83. The zero-order valence-electron chi connectivity index (χ0n) is 12.8. The first-order valence-corrected chi connectivity index (χ1v) is 7.65. The van der Waals surface area contributed by atoms with E-state index in [0.29, 0.717) is 12.1 Å². The average molecular weight is 319 g/mol. The number of anilines is 1. The molecular formula is C20H14FNO2. The molecule has 0 aliphatic rings. The zero-order chi connectivity index (χ0) is 16.5. The summed E-state index contributed by atoms with van der Waals surface area (Å²) in [6, 6.07) is 19.4. The van der Waals surface area contributed by atoms with Crippen molar-refractivity contribution in [2.24, 2.45) is 0 Å². The first-order valence-electron chi connectivity index (χ1n) is 7.65. The first kappa shape index (κ1) is 14.5. The predicted octanol–water partition coefficient (Wildman–Crippen LogP) is 4.70. The van der Waals surface area contributed by atoms with Gasteiger partial charge >= 0.3 is 5.63 Å². The molecule has 0 aliphatic heterocycles. The molecule has 0 unspecified atom stereocenters. The maximum atomic E-state index is 13.0. The van der Waals surface area contributed by atoms with Gasteiger partial charge in [0.05, 0.1) is 0 Å². The molecule has 1 aromatic heterocycles. The summed E-state index contributed by atoms with van der Waals surface area (Å²) >= 11 is 0. The van der Waals surface area contributed by atoms with Crippen molar-refractivity contribution in [1.82, 2.24) is 0 Å². The second-order valence-electron chi connectivity index (χ2n) is 5.61. The molecule has 4 heteroatoms. The molecule has 0 amide bonds. The smallest absolute Gasteiger partial charge is 0.336 e. The lowest BCUT2D eigenvalue weighted by atomic mass is 10.0. The Morgan fingerprint density at radius 1 is 0.958 bits per heavy atom. The molecule has 3 aromatic carbocycles. The van der Waals surface area contributed by atoms with E-state index in [9.17, 15) is 9.18 Å². The Balaban J connectivity index is 1.82. The fourth-order valence-electron chi connectivity index (χ4n) is 2.92. The third-order valence-electron chi connectivity index (χ3n) is 4.04. The fourth-order valence-corrected chi connectivity index (χ4v) is 2.92. The van der Waals surface area contributed by atoms with Gasteiger partial charge in [0.15, 0.2) is 0 Å². The van der Waals surface area contributed by atoms with Crippen molar-refractivity contribution in [2.75, 3.05) is 5.32 Å². The summed E-state index contributed by atoms with van der Waals surface area (Å²) < 4.78 is 18.3. The minimum absolute atomic E-state index is 0.280. The molecule has 4 aromatic rings. The quantitative estimate of drug-likeness (QED) is 0.440. The van der Waals surface area contributed by atoms with Gasteiger partial charge in [0.1, 0.15) is 11.4 Å². The van der Waals surface area contributed by atoms with Gasteiger partial charge in [-0.3, -0.25) is 0 Å². The normalized spacial score (nSPS) is 11.0. The zero-order valence-corrected chi connectivity index (χ0v) is 12.8. The largest absolute Gasteiger partial charge is 0.423 e. The monoisotopic (exact) mass is 319 g/mol. The van der Waals surface area contributed by atoms with Crippen molar-refractivity contribution in [2.45, 2.75) is 6.54 Å². The average Bonchev–Trinajstić information content (AvgIpc) is 2.60. The lowest BCUT2D eigenvalue weighted by Crippen LogP contribution is -2.06. The molecular weight excluding hydrogens is 305 g/mol. The number of rotatable bonds is 3. The van der Waals surface area contributed by atoms with Gasteiger partial charge in [-0.15, -0.1) is 0 Å². The van der Waals surface area contributed by atoms with Gasteiger partial charge in [-0.25, -0.2) is 9.18 Å². The van der Waals surface area contributed by atoms with Gasteiger partial charge in [0.2, 0.25) is 0 Å². The topological polar surface area (TPSA) is 42.2 Å². The highest BCUT2D eigenvalue weighted by Crippen LogP contribution is 2.27. The van der Waals surface area contributed by atoms with Crippen LogP contribution in [0, 0.1) is 5.82 Å². The van der Waals surface area contributed by atoms with E-state index < -0.39 is 0 Å². The van der Waals surface area contributed by atoms with Gasteiger partial charge in [0.25, 0.3) is 0 Å². The predicted molar refractivity (Wildman–Crippen MR) is 93.7 cm³/mol. The van der Waals surface area contributed by atoms with E-state index in [1.54, 1.807) is 12.1 Å². The molecule has 0 atom stereocenters. The van der Waals surface area contributed by atoms with Gasteiger partial charge in [-0.1, -0.05) is 30.3 Å². The van der Waals surface area contributed by atoms with E-state index in [-0.39, 0.29) is 11.4 Å². The lowest BCUT2D eigenvalue weighted by Gasteiger charge is -2.10. The Bertz CT molecular complexity index is 1080. The van der Waals surface area contributed by atoms with Crippen molar-refractivity contribution in [3.05, 3.63) is 88.5 Å². The highest BCUT2D eigenvalue weighted by molar-refractivity contribution is 6.07. The number of benzene rings is 3. The van der Waals surface area contributed by atoms with E-state index >= 15 is 0 Å². The van der Waals surface area contributed by atoms with Gasteiger partial charge < -0.3 is 9.73 Å². The SMILES string of the molecule is O=c1cc(CNc2ccc(F)cc2)c2c(ccc3ccccc32)o1. The molecule has 0 bridgehead atoms. The first-order chi connectivity index (χ1) is 11.7. The highest BCUT2D eigenvalue weighted by atomic mass is 19.1. The van der Waals surface area contributed by atoms with Crippen molar-refractivity contribution in [3.63, 3.8) is 0 Å². The van der Waals surface area contributed by atoms with Crippen LogP contribution in [0.3, 0.4) is 0 Å². The second-order valence-corrected chi connectivity index (χ2v) is 5.61. The van der Waals surface area contributed by atoms with Crippen LogP contribution in [0.5, 0.6) is 0 Å². The minimum Gasteiger partial charge on any atom is -0.423 e. The molecule has 0 spiro atoms. The molecule has 118 valence electrons. The van der Waals surface area contributed by atoms with Crippen molar-refractivity contribution < 1.29 is 8.81 Å². The Kier molecular flexibility index (Phi) is 3.50. The van der Waals surface area contributed by atoms with E-state index in [4.69, 9.17) is 4.42 Å². The van der Waals surface area contributed by atoms with Crippen molar-refractivity contribution in [3.8, 4) is 0 Å². The van der Waals surface area contributed by atoms with Crippen LogP contribution < -0.4 is 10.9 Å². The molecule has 0 radical (unpaired) electrons.